The van der Waals surface area contributed by atoms with Gasteiger partial charge in [0.2, 0.25) is 5.91 Å². The topological polar surface area (TPSA) is 110 Å². The number of carbonyl (C=O) groups excluding carboxylic acids is 2. The standard InChI is InChI=1S/C34H34ClN3O5S/c1-20(2)23-11-13-24(14-12-23)32-25(17-36)33(37-21(3)31(32)34(40)43-18-22-9-7-6-8-10-22)44-19-30(39)38-27-16-28(41-4)26(35)15-29(27)42-5/h6-16,20,32,37H,18-19H2,1-5H3,(H,38,39). The van der Waals surface area contributed by atoms with E-state index in [0.717, 1.165) is 16.7 Å². The summed E-state index contributed by atoms with van der Waals surface area (Å²) < 4.78 is 16.4. The van der Waals surface area contributed by atoms with Gasteiger partial charge in [-0.2, -0.15) is 5.26 Å². The van der Waals surface area contributed by atoms with Crippen LogP contribution < -0.4 is 20.1 Å². The number of hydrogen-bond acceptors (Lipinski definition) is 8. The Kier molecular flexibility index (Phi) is 11.0. The van der Waals surface area contributed by atoms with E-state index in [9.17, 15) is 14.9 Å². The maximum Gasteiger partial charge on any atom is 0.337 e. The molecule has 0 saturated carbocycles. The summed E-state index contributed by atoms with van der Waals surface area (Å²) in [6.07, 6.45) is 0. The second-order valence-corrected chi connectivity index (χ2v) is 11.8. The predicted octanol–water partition coefficient (Wildman–Crippen LogP) is 7.29. The van der Waals surface area contributed by atoms with Crippen LogP contribution in [0.4, 0.5) is 5.69 Å². The first-order chi connectivity index (χ1) is 21.2. The molecule has 10 heteroatoms. The van der Waals surface area contributed by atoms with Gasteiger partial charge in [0.25, 0.3) is 0 Å². The van der Waals surface area contributed by atoms with Crippen molar-refractivity contribution in [3.63, 3.8) is 0 Å². The molecule has 0 saturated heterocycles. The Morgan fingerprint density at radius 1 is 1.05 bits per heavy atom. The van der Waals surface area contributed by atoms with Gasteiger partial charge in [-0.15, -0.1) is 0 Å². The first-order valence-electron chi connectivity index (χ1n) is 13.9. The van der Waals surface area contributed by atoms with Crippen molar-refractivity contribution in [2.75, 3.05) is 25.3 Å². The smallest absolute Gasteiger partial charge is 0.337 e. The predicted molar refractivity (Wildman–Crippen MR) is 174 cm³/mol. The van der Waals surface area contributed by atoms with Gasteiger partial charge in [-0.1, -0.05) is 91.8 Å². The van der Waals surface area contributed by atoms with Crippen LogP contribution in [-0.2, 0) is 20.9 Å². The second-order valence-electron chi connectivity index (χ2n) is 10.4. The molecule has 1 atom stereocenters. The van der Waals surface area contributed by atoms with E-state index in [2.05, 4.69) is 30.6 Å². The van der Waals surface area contributed by atoms with Gasteiger partial charge in [0.1, 0.15) is 18.1 Å². The van der Waals surface area contributed by atoms with Crippen LogP contribution in [0.1, 0.15) is 49.3 Å². The number of amides is 1. The molecule has 1 aliphatic rings. The molecule has 44 heavy (non-hydrogen) atoms. The van der Waals surface area contributed by atoms with Crippen molar-refractivity contribution in [3.05, 3.63) is 110 Å². The monoisotopic (exact) mass is 631 g/mol. The van der Waals surface area contributed by atoms with Crippen molar-refractivity contribution in [1.82, 2.24) is 5.32 Å². The molecule has 0 spiro atoms. The van der Waals surface area contributed by atoms with E-state index in [0.29, 0.717) is 50.0 Å². The average Bonchev–Trinajstić information content (AvgIpc) is 3.03. The van der Waals surface area contributed by atoms with E-state index in [4.69, 9.17) is 25.8 Å². The molecule has 1 amide bonds. The van der Waals surface area contributed by atoms with Crippen molar-refractivity contribution in [2.45, 2.75) is 39.2 Å². The first-order valence-corrected chi connectivity index (χ1v) is 15.3. The second kappa shape index (κ2) is 14.9. The third-order valence-corrected chi connectivity index (χ3v) is 8.42. The van der Waals surface area contributed by atoms with Crippen LogP contribution in [0.5, 0.6) is 11.5 Å². The number of benzene rings is 3. The van der Waals surface area contributed by atoms with Crippen LogP contribution in [0.15, 0.2) is 88.6 Å². The summed E-state index contributed by atoms with van der Waals surface area (Å²) in [6.45, 7) is 6.08. The number of esters is 1. The highest BCUT2D eigenvalue weighted by molar-refractivity contribution is 8.03. The average molecular weight is 632 g/mol. The van der Waals surface area contributed by atoms with E-state index in [1.807, 2.05) is 54.6 Å². The molecule has 0 radical (unpaired) electrons. The minimum atomic E-state index is -0.683. The van der Waals surface area contributed by atoms with Gasteiger partial charge in [-0.25, -0.2) is 4.79 Å². The van der Waals surface area contributed by atoms with Gasteiger partial charge in [-0.3, -0.25) is 4.79 Å². The molecule has 1 unspecified atom stereocenters. The van der Waals surface area contributed by atoms with E-state index < -0.39 is 11.9 Å². The minimum Gasteiger partial charge on any atom is -0.495 e. The highest BCUT2D eigenvalue weighted by atomic mass is 35.5. The minimum absolute atomic E-state index is 0.0261. The molecule has 0 aromatic heterocycles. The molecule has 0 aliphatic carbocycles. The molecule has 1 heterocycles. The van der Waals surface area contributed by atoms with Crippen molar-refractivity contribution < 1.29 is 23.8 Å². The van der Waals surface area contributed by atoms with E-state index in [1.165, 1.54) is 26.0 Å². The molecule has 0 fully saturated rings. The molecule has 8 nitrogen and oxygen atoms in total. The van der Waals surface area contributed by atoms with Gasteiger partial charge < -0.3 is 24.8 Å². The summed E-state index contributed by atoms with van der Waals surface area (Å²) in [6, 6.07) is 22.8. The van der Waals surface area contributed by atoms with Crippen molar-refractivity contribution in [1.29, 1.82) is 5.26 Å². The number of dihydropyridines is 1. The molecule has 3 aromatic carbocycles. The van der Waals surface area contributed by atoms with E-state index >= 15 is 0 Å². The highest BCUT2D eigenvalue weighted by Gasteiger charge is 2.36. The lowest BCUT2D eigenvalue weighted by molar-refractivity contribution is -0.140. The van der Waals surface area contributed by atoms with Gasteiger partial charge in [0.05, 0.1) is 58.8 Å². The van der Waals surface area contributed by atoms with Crippen LogP contribution >= 0.6 is 23.4 Å². The Balaban J connectivity index is 1.62. The number of nitriles is 1. The lowest BCUT2D eigenvalue weighted by Gasteiger charge is -2.29. The summed E-state index contributed by atoms with van der Waals surface area (Å²) in [7, 11) is 2.96. The Bertz CT molecular complexity index is 1630. The van der Waals surface area contributed by atoms with E-state index in [1.54, 1.807) is 19.1 Å². The number of ether oxygens (including phenoxy) is 3. The quantitative estimate of drug-likeness (QED) is 0.212. The Morgan fingerprint density at radius 2 is 1.73 bits per heavy atom. The third kappa shape index (κ3) is 7.57. The molecule has 2 N–H and O–H groups in total. The molecular formula is C34H34ClN3O5S. The molecule has 1 aliphatic heterocycles. The summed E-state index contributed by atoms with van der Waals surface area (Å²) in [5.74, 6) is -0.480. The van der Waals surface area contributed by atoms with Crippen LogP contribution in [0.3, 0.4) is 0 Å². The number of methoxy groups -OCH3 is 2. The van der Waals surface area contributed by atoms with Crippen LogP contribution in [-0.4, -0.2) is 31.8 Å². The third-order valence-electron chi connectivity index (χ3n) is 7.11. The lowest BCUT2D eigenvalue weighted by Crippen LogP contribution is -2.29. The number of nitrogens with one attached hydrogen (secondary N) is 2. The van der Waals surface area contributed by atoms with Gasteiger partial charge >= 0.3 is 5.97 Å². The van der Waals surface area contributed by atoms with Gasteiger partial charge in [-0.05, 0) is 29.5 Å². The van der Waals surface area contributed by atoms with Gasteiger partial charge in [0, 0.05) is 17.8 Å². The summed E-state index contributed by atoms with van der Waals surface area (Å²) >= 11 is 7.36. The number of rotatable bonds is 11. The maximum absolute atomic E-state index is 13.6. The summed E-state index contributed by atoms with van der Waals surface area (Å²) in [5, 5.41) is 17.3. The maximum atomic E-state index is 13.6. The number of thioether (sulfide) groups is 1. The zero-order chi connectivity index (χ0) is 31.8. The number of allylic oxidation sites excluding steroid dienone is 2. The lowest BCUT2D eigenvalue weighted by atomic mass is 9.82. The largest absolute Gasteiger partial charge is 0.495 e. The van der Waals surface area contributed by atoms with Crippen LogP contribution in [0.25, 0.3) is 0 Å². The molecule has 228 valence electrons. The molecule has 4 rings (SSSR count). The first kappa shape index (κ1) is 32.5. The van der Waals surface area contributed by atoms with Crippen molar-refractivity contribution >= 4 is 40.9 Å². The SMILES string of the molecule is COc1cc(NC(=O)CSC2=C(C#N)C(c3ccc(C(C)C)cc3)C(C(=O)OCc3ccccc3)=C(C)N2)c(OC)cc1Cl. The van der Waals surface area contributed by atoms with Crippen LogP contribution in [0.2, 0.25) is 5.02 Å². The Labute approximate surface area is 267 Å². The summed E-state index contributed by atoms with van der Waals surface area (Å²) in [5.41, 5.74) is 4.39. The number of hydrogen-bond donors (Lipinski definition) is 2. The fraction of sp³-hybridized carbons (Fsp3) is 0.265. The zero-order valence-corrected chi connectivity index (χ0v) is 26.8. The number of anilines is 1. The normalized spacial score (nSPS) is 14.5. The Hall–Kier alpha value is -4.39. The van der Waals surface area contributed by atoms with Crippen molar-refractivity contribution in [3.8, 4) is 17.6 Å². The van der Waals surface area contributed by atoms with Crippen molar-refractivity contribution in [2.24, 2.45) is 0 Å². The summed E-state index contributed by atoms with van der Waals surface area (Å²) in [4.78, 5) is 26.6. The number of carbonyl (C=O) groups is 2. The fourth-order valence-corrected chi connectivity index (χ4v) is 5.91. The van der Waals surface area contributed by atoms with E-state index in [-0.39, 0.29) is 18.3 Å². The highest BCUT2D eigenvalue weighted by Crippen LogP contribution is 2.42. The number of halogens is 1. The molecule has 3 aromatic rings. The van der Waals surface area contributed by atoms with Crippen LogP contribution in [0, 0.1) is 11.3 Å². The molecule has 0 bridgehead atoms. The fourth-order valence-electron chi connectivity index (χ4n) is 4.79. The Morgan fingerprint density at radius 3 is 2.34 bits per heavy atom. The molecular weight excluding hydrogens is 598 g/mol. The number of nitrogens with zero attached hydrogens (tertiary/aromatic N) is 1. The van der Waals surface area contributed by atoms with Gasteiger partial charge in [0.15, 0.2) is 0 Å². The zero-order valence-electron chi connectivity index (χ0n) is 25.2.